The lowest BCUT2D eigenvalue weighted by atomic mass is 10.1. The van der Waals surface area contributed by atoms with E-state index >= 15 is 0 Å². The molecular formula is C32H24Br2Cl4N4S2. The molecule has 12 heteroatoms. The quantitative estimate of drug-likeness (QED) is 0.113. The highest BCUT2D eigenvalue weighted by Crippen LogP contribution is 2.36. The Hall–Kier alpha value is -1.88. The monoisotopic (exact) mass is 826 g/mol. The van der Waals surface area contributed by atoms with Gasteiger partial charge in [-0.15, -0.1) is 34.0 Å². The summed E-state index contributed by atoms with van der Waals surface area (Å²) in [5, 5.41) is 4.43. The number of halogens is 6. The minimum absolute atomic E-state index is 0. The molecule has 0 aliphatic carbocycles. The Labute approximate surface area is 305 Å². The number of imidazole rings is 2. The van der Waals surface area contributed by atoms with Crippen LogP contribution in [-0.2, 0) is 0 Å². The summed E-state index contributed by atoms with van der Waals surface area (Å²) in [6.45, 7) is 0. The van der Waals surface area contributed by atoms with Gasteiger partial charge in [-0.05, 0) is 48.5 Å². The minimum atomic E-state index is 0. The lowest BCUT2D eigenvalue weighted by Crippen LogP contribution is -1.87. The lowest BCUT2D eigenvalue weighted by molar-refractivity contribution is 1.06. The highest BCUT2D eigenvalue weighted by Gasteiger charge is 2.17. The average molecular weight is 830 g/mol. The molecule has 0 bridgehead atoms. The maximum atomic E-state index is 6.14. The summed E-state index contributed by atoms with van der Waals surface area (Å²) in [6, 6.07) is 30.9. The number of H-pyrrole nitrogens is 2. The summed E-state index contributed by atoms with van der Waals surface area (Å²) >= 11 is 27.9. The highest BCUT2D eigenvalue weighted by atomic mass is 79.9. The minimum Gasteiger partial charge on any atom is -0.332 e. The van der Waals surface area contributed by atoms with Crippen molar-refractivity contribution in [3.05, 3.63) is 117 Å². The van der Waals surface area contributed by atoms with Gasteiger partial charge in [-0.25, -0.2) is 9.97 Å². The molecule has 2 N–H and O–H groups in total. The summed E-state index contributed by atoms with van der Waals surface area (Å²) in [5.74, 6) is 1.65. The first-order valence-corrected chi connectivity index (χ1v) is 16.4. The van der Waals surface area contributed by atoms with Gasteiger partial charge in [0.05, 0.1) is 22.8 Å². The van der Waals surface area contributed by atoms with Crippen molar-refractivity contribution in [1.29, 1.82) is 0 Å². The number of hydrogen-bond acceptors (Lipinski definition) is 4. The van der Waals surface area contributed by atoms with Gasteiger partial charge in [-0.1, -0.05) is 118 Å². The van der Waals surface area contributed by atoms with Gasteiger partial charge in [0.1, 0.15) is 0 Å². The third kappa shape index (κ3) is 8.47. The number of benzene rings is 4. The molecule has 0 saturated carbocycles. The van der Waals surface area contributed by atoms with Crippen LogP contribution >= 0.6 is 104 Å². The van der Waals surface area contributed by atoms with Crippen molar-refractivity contribution in [3.63, 3.8) is 0 Å². The lowest BCUT2D eigenvalue weighted by Gasteiger charge is -2.03. The van der Waals surface area contributed by atoms with Crippen molar-refractivity contribution in [3.8, 4) is 45.0 Å². The average Bonchev–Trinajstić information content (AvgIpc) is 3.62. The van der Waals surface area contributed by atoms with Crippen LogP contribution in [0.3, 0.4) is 0 Å². The molecule has 6 aromatic rings. The first kappa shape index (κ1) is 35.0. The van der Waals surface area contributed by atoms with Crippen LogP contribution in [0.1, 0.15) is 0 Å². The van der Waals surface area contributed by atoms with Crippen molar-refractivity contribution in [1.82, 2.24) is 19.9 Å². The van der Waals surface area contributed by atoms with Gasteiger partial charge in [-0.2, -0.15) is 0 Å². The van der Waals surface area contributed by atoms with Crippen molar-refractivity contribution < 1.29 is 0 Å². The van der Waals surface area contributed by atoms with Crippen LogP contribution in [-0.4, -0.2) is 31.4 Å². The molecule has 0 aliphatic rings. The molecule has 44 heavy (non-hydrogen) atoms. The van der Waals surface area contributed by atoms with Gasteiger partial charge in [0.15, 0.2) is 10.3 Å². The zero-order valence-electron chi connectivity index (χ0n) is 22.7. The fourth-order valence-corrected chi connectivity index (χ4v) is 6.62. The second kappa shape index (κ2) is 16.1. The summed E-state index contributed by atoms with van der Waals surface area (Å²) in [4.78, 5) is 16.9. The number of hydrogen-bond donors (Lipinski definition) is 2. The molecular weight excluding hydrogens is 806 g/mol. The van der Waals surface area contributed by atoms with Gasteiger partial charge in [0.25, 0.3) is 0 Å². The fourth-order valence-electron chi connectivity index (χ4n) is 4.40. The second-order valence-corrected chi connectivity index (χ2v) is 13.2. The molecule has 2 heterocycles. The number of rotatable bonds is 9. The topological polar surface area (TPSA) is 57.4 Å². The number of thioether (sulfide) groups is 2. The number of nitrogens with zero attached hydrogens (tertiary/aromatic N) is 2. The third-order valence-electron chi connectivity index (χ3n) is 6.43. The van der Waals surface area contributed by atoms with Crippen LogP contribution in [0.2, 0.25) is 20.1 Å². The fraction of sp³-hybridized carbons (Fsp3) is 0.0625. The molecule has 226 valence electrons. The van der Waals surface area contributed by atoms with Crippen LogP contribution in [0.5, 0.6) is 0 Å². The second-order valence-electron chi connectivity index (χ2n) is 9.26. The zero-order chi connectivity index (χ0) is 29.1. The molecule has 6 rings (SSSR count). The van der Waals surface area contributed by atoms with E-state index in [9.17, 15) is 0 Å². The standard InChI is InChI=1S/C32H22Cl4N4S2.2BrH/c33-23-9-1-19(2-10-23)27-28(20-3-11-24(34)12-4-20)38-31(37-27)41-17-18-42-32-39-29(21-5-13-25(35)14-6-21)30(40-32)22-7-15-26(36)16-8-22;;/h1-16H,17-18H2,(H,37,38)(H,39,40);2*1H. The zero-order valence-corrected chi connectivity index (χ0v) is 30.8. The van der Waals surface area contributed by atoms with Crippen LogP contribution in [0, 0.1) is 0 Å². The van der Waals surface area contributed by atoms with Crippen LogP contribution in [0.25, 0.3) is 45.0 Å². The smallest absolute Gasteiger partial charge is 0.166 e. The van der Waals surface area contributed by atoms with E-state index in [2.05, 4.69) is 9.97 Å². The first-order chi connectivity index (χ1) is 20.4. The van der Waals surface area contributed by atoms with E-state index in [1.165, 1.54) is 0 Å². The molecule has 0 atom stereocenters. The maximum Gasteiger partial charge on any atom is 0.166 e. The van der Waals surface area contributed by atoms with Gasteiger partial charge >= 0.3 is 0 Å². The van der Waals surface area contributed by atoms with E-state index in [-0.39, 0.29) is 34.0 Å². The SMILES string of the molecule is Br.Br.Clc1ccc(-c2nc(SCCSc3nc(-c4ccc(Cl)cc4)c(-c4ccc(Cl)cc4)[nH]3)[nH]c2-c2ccc(Cl)cc2)cc1. The number of aromatic nitrogens is 4. The van der Waals surface area contributed by atoms with E-state index in [0.29, 0.717) is 20.1 Å². The number of aromatic amines is 2. The molecule has 0 aliphatic heterocycles. The van der Waals surface area contributed by atoms with Gasteiger partial charge in [0.2, 0.25) is 0 Å². The van der Waals surface area contributed by atoms with Crippen molar-refractivity contribution in [2.24, 2.45) is 0 Å². The van der Waals surface area contributed by atoms with E-state index in [1.54, 1.807) is 23.5 Å². The first-order valence-electron chi connectivity index (χ1n) is 12.9. The number of nitrogens with one attached hydrogen (secondary N) is 2. The van der Waals surface area contributed by atoms with E-state index in [0.717, 1.165) is 66.8 Å². The van der Waals surface area contributed by atoms with E-state index in [4.69, 9.17) is 56.4 Å². The normalized spacial score (nSPS) is 10.7. The molecule has 2 aromatic heterocycles. The summed E-state index contributed by atoms with van der Waals surface area (Å²) < 4.78 is 0. The van der Waals surface area contributed by atoms with Gasteiger partial charge < -0.3 is 9.97 Å². The molecule has 0 unspecified atom stereocenters. The van der Waals surface area contributed by atoms with Crippen molar-refractivity contribution in [2.75, 3.05) is 11.5 Å². The predicted octanol–water partition coefficient (Wildman–Crippen LogP) is 12.5. The van der Waals surface area contributed by atoms with Crippen LogP contribution in [0.4, 0.5) is 0 Å². The summed E-state index contributed by atoms with van der Waals surface area (Å²) in [7, 11) is 0. The van der Waals surface area contributed by atoms with E-state index < -0.39 is 0 Å². The molecule has 0 spiro atoms. The molecule has 0 radical (unpaired) electrons. The van der Waals surface area contributed by atoms with Crippen LogP contribution < -0.4 is 0 Å². The van der Waals surface area contributed by atoms with Gasteiger partial charge in [0, 0.05) is 53.9 Å². The predicted molar refractivity (Wildman–Crippen MR) is 201 cm³/mol. The summed E-state index contributed by atoms with van der Waals surface area (Å²) in [6.07, 6.45) is 0. The molecule has 4 nitrogen and oxygen atoms in total. The Morgan fingerprint density at radius 3 is 1.00 bits per heavy atom. The van der Waals surface area contributed by atoms with Crippen LogP contribution in [0.15, 0.2) is 107 Å². The Morgan fingerprint density at radius 2 is 0.705 bits per heavy atom. The van der Waals surface area contributed by atoms with Crippen molar-refractivity contribution in [2.45, 2.75) is 10.3 Å². The molecule has 0 fully saturated rings. The van der Waals surface area contributed by atoms with Crippen molar-refractivity contribution >= 4 is 104 Å². The molecule has 0 amide bonds. The third-order valence-corrected chi connectivity index (χ3v) is 9.44. The Bertz CT molecular complexity index is 1550. The Balaban J connectivity index is 0.00000221. The highest BCUT2D eigenvalue weighted by molar-refractivity contribution is 8.93. The Kier molecular flexibility index (Phi) is 12.8. The largest absolute Gasteiger partial charge is 0.332 e. The summed E-state index contributed by atoms with van der Waals surface area (Å²) in [5.41, 5.74) is 7.62. The molecule has 4 aromatic carbocycles. The molecule has 0 saturated heterocycles. The Morgan fingerprint density at radius 1 is 0.432 bits per heavy atom. The maximum absolute atomic E-state index is 6.14. The van der Waals surface area contributed by atoms with Gasteiger partial charge in [-0.3, -0.25) is 0 Å². The van der Waals surface area contributed by atoms with E-state index in [1.807, 2.05) is 97.1 Å².